The summed E-state index contributed by atoms with van der Waals surface area (Å²) in [6.07, 6.45) is 0. The summed E-state index contributed by atoms with van der Waals surface area (Å²) in [5, 5.41) is 17.4. The summed E-state index contributed by atoms with van der Waals surface area (Å²) in [6, 6.07) is 12.8. The summed E-state index contributed by atoms with van der Waals surface area (Å²) in [5.74, 6) is 1.79. The molecule has 0 radical (unpaired) electrons. The second kappa shape index (κ2) is 7.95. The minimum Gasteiger partial charge on any atom is -0.504 e. The first-order valence-corrected chi connectivity index (χ1v) is 10.4. The number of carbonyl (C=O) groups excluding carboxylic acids is 1. The van der Waals surface area contributed by atoms with Gasteiger partial charge in [-0.1, -0.05) is 6.07 Å². The highest BCUT2D eigenvalue weighted by molar-refractivity contribution is 8.01. The number of amides is 1. The number of aryl methyl sites for hydroxylation is 1. The van der Waals surface area contributed by atoms with Crippen molar-refractivity contribution >= 4 is 23.5 Å². The maximum Gasteiger partial charge on any atom is 0.238 e. The van der Waals surface area contributed by atoms with Gasteiger partial charge in [0.1, 0.15) is 11.6 Å². The number of hydrogen-bond donors (Lipinski definition) is 2. The van der Waals surface area contributed by atoms with Gasteiger partial charge in [-0.25, -0.2) is 4.68 Å². The number of aromatic nitrogens is 2. The Hall–Kier alpha value is -3.13. The normalized spacial score (nSPS) is 18.3. The highest BCUT2D eigenvalue weighted by atomic mass is 32.2. The monoisotopic (exact) mass is 425 g/mol. The molecule has 0 fully saturated rings. The number of nitrogens with one attached hydrogen (secondary N) is 1. The van der Waals surface area contributed by atoms with Crippen molar-refractivity contribution in [3.05, 3.63) is 59.3 Å². The highest BCUT2D eigenvalue weighted by Crippen LogP contribution is 2.47. The number of ether oxygens (including phenoxy) is 2. The predicted octanol–water partition coefficient (Wildman–Crippen LogP) is 4.07. The smallest absolute Gasteiger partial charge is 0.238 e. The van der Waals surface area contributed by atoms with Crippen molar-refractivity contribution in [1.82, 2.24) is 9.78 Å². The van der Waals surface area contributed by atoms with E-state index >= 15 is 0 Å². The minimum atomic E-state index is -0.272. The van der Waals surface area contributed by atoms with E-state index in [1.807, 2.05) is 50.2 Å². The molecule has 2 heterocycles. The fourth-order valence-corrected chi connectivity index (χ4v) is 4.85. The Bertz CT molecular complexity index is 1090. The summed E-state index contributed by atoms with van der Waals surface area (Å²) in [5.41, 5.74) is 3.50. The lowest BCUT2D eigenvalue weighted by Crippen LogP contribution is -2.22. The van der Waals surface area contributed by atoms with Gasteiger partial charge in [-0.2, -0.15) is 5.10 Å². The van der Waals surface area contributed by atoms with E-state index in [9.17, 15) is 9.90 Å². The van der Waals surface area contributed by atoms with Crippen molar-refractivity contribution in [1.29, 1.82) is 0 Å². The molecule has 30 heavy (non-hydrogen) atoms. The number of phenols is 1. The lowest BCUT2D eigenvalue weighted by atomic mass is 10.0. The average molecular weight is 426 g/mol. The summed E-state index contributed by atoms with van der Waals surface area (Å²) < 4.78 is 12.3. The van der Waals surface area contributed by atoms with E-state index in [4.69, 9.17) is 14.6 Å². The Morgan fingerprint density at radius 3 is 2.53 bits per heavy atom. The van der Waals surface area contributed by atoms with Crippen molar-refractivity contribution in [2.75, 3.05) is 19.5 Å². The zero-order valence-electron chi connectivity index (χ0n) is 17.2. The third-order valence-corrected chi connectivity index (χ3v) is 6.55. The Morgan fingerprint density at radius 1 is 1.13 bits per heavy atom. The molecular formula is C22H23N3O4S. The van der Waals surface area contributed by atoms with Crippen LogP contribution in [0.25, 0.3) is 5.69 Å². The summed E-state index contributed by atoms with van der Waals surface area (Å²) in [4.78, 5) is 12.8. The zero-order valence-corrected chi connectivity index (χ0v) is 18.0. The molecule has 7 nitrogen and oxygen atoms in total. The molecule has 156 valence electrons. The van der Waals surface area contributed by atoms with Crippen LogP contribution in [-0.2, 0) is 4.79 Å². The Balaban J connectivity index is 1.87. The standard InChI is InChI=1S/C22H23N3O4S/c1-12-19-20(14-5-10-17(26)18(11-14)29-4)30-13(2)22(27)23-21(19)25(24-12)15-6-8-16(28-3)9-7-15/h5-11,13,20,26H,1-4H3,(H,23,27)/t13-,20-/m0/s1. The first-order chi connectivity index (χ1) is 14.4. The highest BCUT2D eigenvalue weighted by Gasteiger charge is 2.34. The van der Waals surface area contributed by atoms with Gasteiger partial charge in [-0.15, -0.1) is 11.8 Å². The average Bonchev–Trinajstić information content (AvgIpc) is 3.00. The number of phenolic OH excluding ortho intramolecular Hbond substituents is 1. The Morgan fingerprint density at radius 2 is 1.87 bits per heavy atom. The van der Waals surface area contributed by atoms with Crippen LogP contribution >= 0.6 is 11.8 Å². The van der Waals surface area contributed by atoms with Crippen LogP contribution in [0.2, 0.25) is 0 Å². The lowest BCUT2D eigenvalue weighted by molar-refractivity contribution is -0.115. The van der Waals surface area contributed by atoms with E-state index in [0.717, 1.165) is 28.3 Å². The summed E-state index contributed by atoms with van der Waals surface area (Å²) >= 11 is 1.54. The first kappa shape index (κ1) is 20.2. The maximum absolute atomic E-state index is 12.8. The number of benzene rings is 2. The Kier molecular flexibility index (Phi) is 5.34. The molecule has 0 saturated heterocycles. The van der Waals surface area contributed by atoms with Crippen LogP contribution in [0.3, 0.4) is 0 Å². The molecule has 0 bridgehead atoms. The third kappa shape index (κ3) is 3.47. The second-order valence-corrected chi connectivity index (χ2v) is 8.49. The number of hydrogen-bond acceptors (Lipinski definition) is 6. The summed E-state index contributed by atoms with van der Waals surface area (Å²) in [7, 11) is 3.14. The number of anilines is 1. The maximum atomic E-state index is 12.8. The van der Waals surface area contributed by atoms with Crippen LogP contribution in [0.5, 0.6) is 17.2 Å². The molecule has 8 heteroatoms. The number of aromatic hydroxyl groups is 1. The van der Waals surface area contributed by atoms with Crippen LogP contribution in [0.1, 0.15) is 29.0 Å². The van der Waals surface area contributed by atoms with Crippen molar-refractivity contribution in [2.45, 2.75) is 24.3 Å². The van der Waals surface area contributed by atoms with Gasteiger partial charge < -0.3 is 19.9 Å². The van der Waals surface area contributed by atoms with Gasteiger partial charge in [0.2, 0.25) is 5.91 Å². The first-order valence-electron chi connectivity index (χ1n) is 9.50. The van der Waals surface area contributed by atoms with Gasteiger partial charge in [0.05, 0.1) is 36.1 Å². The predicted molar refractivity (Wildman–Crippen MR) is 117 cm³/mol. The van der Waals surface area contributed by atoms with Crippen LogP contribution in [0.15, 0.2) is 42.5 Å². The quantitative estimate of drug-likeness (QED) is 0.656. The molecule has 0 saturated carbocycles. The Labute approximate surface area is 179 Å². The molecule has 1 amide bonds. The number of nitrogens with zero attached hydrogens (tertiary/aromatic N) is 2. The van der Waals surface area contributed by atoms with Crippen LogP contribution < -0.4 is 14.8 Å². The van der Waals surface area contributed by atoms with E-state index in [0.29, 0.717) is 11.6 Å². The van der Waals surface area contributed by atoms with E-state index in [1.165, 1.54) is 7.11 Å². The van der Waals surface area contributed by atoms with Gasteiger partial charge in [-0.3, -0.25) is 4.79 Å². The molecule has 3 aromatic rings. The summed E-state index contributed by atoms with van der Waals surface area (Å²) in [6.45, 7) is 3.82. The van der Waals surface area contributed by atoms with Crippen molar-refractivity contribution < 1.29 is 19.4 Å². The van der Waals surface area contributed by atoms with Crippen molar-refractivity contribution in [2.24, 2.45) is 0 Å². The van der Waals surface area contributed by atoms with Crippen LogP contribution in [0, 0.1) is 6.92 Å². The van der Waals surface area contributed by atoms with E-state index in [2.05, 4.69) is 5.32 Å². The minimum absolute atomic E-state index is 0.0768. The number of methoxy groups -OCH3 is 2. The van der Waals surface area contributed by atoms with Gasteiger partial charge in [0, 0.05) is 5.56 Å². The molecular weight excluding hydrogens is 402 g/mol. The largest absolute Gasteiger partial charge is 0.504 e. The number of rotatable bonds is 4. The molecule has 0 spiro atoms. The molecule has 4 rings (SSSR count). The topological polar surface area (TPSA) is 85.6 Å². The lowest BCUT2D eigenvalue weighted by Gasteiger charge is -2.18. The fraction of sp³-hybridized carbons (Fsp3) is 0.273. The number of fused-ring (bicyclic) bond motifs is 1. The van der Waals surface area contributed by atoms with Crippen LogP contribution in [-0.4, -0.2) is 40.3 Å². The molecule has 2 atom stereocenters. The molecule has 1 aliphatic heterocycles. The van der Waals surface area contributed by atoms with Crippen molar-refractivity contribution in [3.8, 4) is 22.9 Å². The molecule has 1 aliphatic rings. The third-order valence-electron chi connectivity index (χ3n) is 5.14. The van der Waals surface area contributed by atoms with Gasteiger partial charge in [0.25, 0.3) is 0 Å². The molecule has 1 aromatic heterocycles. The van der Waals surface area contributed by atoms with Gasteiger partial charge >= 0.3 is 0 Å². The second-order valence-electron chi connectivity index (χ2n) is 7.04. The molecule has 0 aliphatic carbocycles. The van der Waals surface area contributed by atoms with E-state index < -0.39 is 0 Å². The van der Waals surface area contributed by atoms with Crippen LogP contribution in [0.4, 0.5) is 5.82 Å². The molecule has 2 aromatic carbocycles. The van der Waals surface area contributed by atoms with E-state index in [1.54, 1.807) is 29.6 Å². The zero-order chi connectivity index (χ0) is 21.4. The molecule has 0 unspecified atom stereocenters. The molecule has 2 N–H and O–H groups in total. The van der Waals surface area contributed by atoms with Gasteiger partial charge in [-0.05, 0) is 55.8 Å². The fourth-order valence-electron chi connectivity index (χ4n) is 3.54. The number of carbonyl (C=O) groups is 1. The van der Waals surface area contributed by atoms with Crippen molar-refractivity contribution in [3.63, 3.8) is 0 Å². The number of thioether (sulfide) groups is 1. The SMILES string of the molecule is COc1ccc(-n2nc(C)c3c2NC(=O)[C@H](C)S[C@H]3c2ccc(O)c(OC)c2)cc1. The van der Waals surface area contributed by atoms with Gasteiger partial charge in [0.15, 0.2) is 11.5 Å². The van der Waals surface area contributed by atoms with E-state index in [-0.39, 0.29) is 22.2 Å².